The first-order chi connectivity index (χ1) is 12.1. The molecule has 0 bridgehead atoms. The molecule has 26 heavy (non-hydrogen) atoms. The van der Waals surface area contributed by atoms with Gasteiger partial charge in [-0.3, -0.25) is 4.90 Å². The SMILES string of the molecule is CN1CCN(S(=O)(=O)c2cc(C(F)(F)F)ccc2F)C[C@@H]1c1ncc[nH]1. The Morgan fingerprint density at radius 2 is 2.00 bits per heavy atom. The van der Waals surface area contributed by atoms with Gasteiger partial charge in [-0.05, 0) is 25.2 Å². The summed E-state index contributed by atoms with van der Waals surface area (Å²) < 4.78 is 79.2. The fourth-order valence-corrected chi connectivity index (χ4v) is 4.37. The molecule has 11 heteroatoms. The lowest BCUT2D eigenvalue weighted by molar-refractivity contribution is -0.137. The summed E-state index contributed by atoms with van der Waals surface area (Å²) in [6.07, 6.45) is -1.66. The van der Waals surface area contributed by atoms with Crippen molar-refractivity contribution in [1.82, 2.24) is 19.2 Å². The zero-order chi connectivity index (χ0) is 19.1. The molecule has 1 aromatic carbocycles. The summed E-state index contributed by atoms with van der Waals surface area (Å²) in [5.41, 5.74) is -1.21. The fourth-order valence-electron chi connectivity index (χ4n) is 2.84. The highest BCUT2D eigenvalue weighted by Gasteiger charge is 2.38. The summed E-state index contributed by atoms with van der Waals surface area (Å²) in [5.74, 6) is -0.691. The topological polar surface area (TPSA) is 69.3 Å². The van der Waals surface area contributed by atoms with E-state index in [0.717, 1.165) is 4.31 Å². The second-order valence-electron chi connectivity index (χ2n) is 5.98. The van der Waals surface area contributed by atoms with E-state index in [-0.39, 0.29) is 13.1 Å². The lowest BCUT2D eigenvalue weighted by atomic mass is 10.2. The molecule has 1 saturated heterocycles. The summed E-state index contributed by atoms with van der Waals surface area (Å²) in [5, 5.41) is 0. The summed E-state index contributed by atoms with van der Waals surface area (Å²) >= 11 is 0. The molecule has 0 aliphatic carbocycles. The number of imidazole rings is 1. The van der Waals surface area contributed by atoms with Crippen LogP contribution in [-0.2, 0) is 16.2 Å². The van der Waals surface area contributed by atoms with Crippen LogP contribution >= 0.6 is 0 Å². The van der Waals surface area contributed by atoms with Crippen LogP contribution < -0.4 is 0 Å². The Morgan fingerprint density at radius 3 is 2.62 bits per heavy atom. The van der Waals surface area contributed by atoms with Crippen molar-refractivity contribution in [2.24, 2.45) is 0 Å². The molecule has 3 rings (SSSR count). The van der Waals surface area contributed by atoms with Crippen LogP contribution in [0.5, 0.6) is 0 Å². The van der Waals surface area contributed by atoms with E-state index in [9.17, 15) is 26.0 Å². The Morgan fingerprint density at radius 1 is 1.27 bits per heavy atom. The quantitative estimate of drug-likeness (QED) is 0.814. The Hall–Kier alpha value is -1.98. The highest BCUT2D eigenvalue weighted by atomic mass is 32.2. The normalized spacial score (nSPS) is 20.4. The average molecular weight is 392 g/mol. The number of piperazine rings is 1. The van der Waals surface area contributed by atoms with Crippen molar-refractivity contribution in [2.45, 2.75) is 17.1 Å². The minimum atomic E-state index is -4.77. The summed E-state index contributed by atoms with van der Waals surface area (Å²) in [6.45, 7) is 0.305. The Labute approximate surface area is 147 Å². The molecular weight excluding hydrogens is 376 g/mol. The van der Waals surface area contributed by atoms with Crippen LogP contribution in [0.3, 0.4) is 0 Å². The van der Waals surface area contributed by atoms with E-state index >= 15 is 0 Å². The number of nitrogens with zero attached hydrogens (tertiary/aromatic N) is 3. The van der Waals surface area contributed by atoms with Gasteiger partial charge in [0.2, 0.25) is 10.0 Å². The van der Waals surface area contributed by atoms with Crippen LogP contribution in [-0.4, -0.2) is 54.3 Å². The Kier molecular flexibility index (Phi) is 4.80. The third kappa shape index (κ3) is 3.46. The first-order valence-electron chi connectivity index (χ1n) is 7.67. The molecule has 0 unspecified atom stereocenters. The molecule has 2 aromatic rings. The van der Waals surface area contributed by atoms with Crippen molar-refractivity contribution in [2.75, 3.05) is 26.7 Å². The van der Waals surface area contributed by atoms with Crippen molar-refractivity contribution in [3.05, 3.63) is 47.8 Å². The maximum absolute atomic E-state index is 14.1. The van der Waals surface area contributed by atoms with E-state index in [1.807, 2.05) is 4.90 Å². The van der Waals surface area contributed by atoms with Gasteiger partial charge in [-0.2, -0.15) is 17.5 Å². The predicted molar refractivity (Wildman–Crippen MR) is 84.1 cm³/mol. The van der Waals surface area contributed by atoms with Crippen molar-refractivity contribution in [3.8, 4) is 0 Å². The third-order valence-electron chi connectivity index (χ3n) is 4.32. The second-order valence-corrected chi connectivity index (χ2v) is 7.88. The Balaban J connectivity index is 1.95. The van der Waals surface area contributed by atoms with Crippen LogP contribution in [0, 0.1) is 5.82 Å². The molecule has 1 aliphatic rings. The monoisotopic (exact) mass is 392 g/mol. The lowest BCUT2D eigenvalue weighted by Crippen LogP contribution is -2.49. The van der Waals surface area contributed by atoms with Gasteiger partial charge in [0.15, 0.2) is 0 Å². The van der Waals surface area contributed by atoms with Crippen LogP contribution in [0.1, 0.15) is 17.4 Å². The van der Waals surface area contributed by atoms with Crippen LogP contribution in [0.15, 0.2) is 35.5 Å². The van der Waals surface area contributed by atoms with Gasteiger partial charge < -0.3 is 4.98 Å². The summed E-state index contributed by atoms with van der Waals surface area (Å²) in [4.78, 5) is 7.89. The summed E-state index contributed by atoms with van der Waals surface area (Å²) in [7, 11) is -2.65. The number of halogens is 4. The van der Waals surface area contributed by atoms with E-state index in [0.29, 0.717) is 30.6 Å². The number of hydrogen-bond acceptors (Lipinski definition) is 4. The molecule has 142 valence electrons. The highest BCUT2D eigenvalue weighted by molar-refractivity contribution is 7.89. The van der Waals surface area contributed by atoms with E-state index in [2.05, 4.69) is 9.97 Å². The largest absolute Gasteiger partial charge is 0.416 e. The molecule has 1 atom stereocenters. The number of likely N-dealkylation sites (N-methyl/N-ethyl adjacent to an activating group) is 1. The first kappa shape index (κ1) is 18.8. The molecule has 0 amide bonds. The number of rotatable bonds is 3. The van der Waals surface area contributed by atoms with E-state index in [1.165, 1.54) is 6.20 Å². The zero-order valence-corrected chi connectivity index (χ0v) is 14.5. The van der Waals surface area contributed by atoms with Gasteiger partial charge in [-0.15, -0.1) is 0 Å². The van der Waals surface area contributed by atoms with E-state index in [4.69, 9.17) is 0 Å². The van der Waals surface area contributed by atoms with E-state index in [1.54, 1.807) is 13.2 Å². The molecule has 1 aromatic heterocycles. The molecule has 0 saturated carbocycles. The number of hydrogen-bond donors (Lipinski definition) is 1. The predicted octanol–water partition coefficient (Wildman–Crippen LogP) is 2.25. The van der Waals surface area contributed by atoms with Crippen molar-refractivity contribution in [1.29, 1.82) is 0 Å². The molecule has 6 nitrogen and oxygen atoms in total. The number of alkyl halides is 3. The van der Waals surface area contributed by atoms with Crippen molar-refractivity contribution >= 4 is 10.0 Å². The third-order valence-corrected chi connectivity index (χ3v) is 6.20. The number of H-pyrrole nitrogens is 1. The minimum absolute atomic E-state index is 0.0335. The first-order valence-corrected chi connectivity index (χ1v) is 9.11. The van der Waals surface area contributed by atoms with Crippen molar-refractivity contribution < 1.29 is 26.0 Å². The number of sulfonamides is 1. The molecule has 1 aliphatic heterocycles. The number of nitrogens with one attached hydrogen (secondary N) is 1. The maximum Gasteiger partial charge on any atom is 0.416 e. The lowest BCUT2D eigenvalue weighted by Gasteiger charge is -2.37. The summed E-state index contributed by atoms with van der Waals surface area (Å²) in [6, 6.07) is 0.965. The smallest absolute Gasteiger partial charge is 0.347 e. The standard InChI is InChI=1S/C15H16F4N4O2S/c1-22-6-7-23(9-12(22)14-20-4-5-21-14)26(24,25)13-8-10(15(17,18)19)2-3-11(13)16/h2-5,8,12H,6-7,9H2,1H3,(H,20,21)/t12-/m1/s1. The zero-order valence-electron chi connectivity index (χ0n) is 13.7. The van der Waals surface area contributed by atoms with E-state index < -0.39 is 38.5 Å². The molecule has 1 N–H and O–H groups in total. The van der Waals surface area contributed by atoms with Gasteiger partial charge in [0.25, 0.3) is 0 Å². The van der Waals surface area contributed by atoms with Crippen LogP contribution in [0.2, 0.25) is 0 Å². The van der Waals surface area contributed by atoms with Crippen LogP contribution in [0.4, 0.5) is 17.6 Å². The minimum Gasteiger partial charge on any atom is -0.347 e. The maximum atomic E-state index is 14.1. The van der Waals surface area contributed by atoms with Crippen LogP contribution in [0.25, 0.3) is 0 Å². The van der Waals surface area contributed by atoms with Gasteiger partial charge in [0.05, 0.1) is 11.6 Å². The van der Waals surface area contributed by atoms with Gasteiger partial charge in [0, 0.05) is 32.0 Å². The van der Waals surface area contributed by atoms with Gasteiger partial charge in [-0.1, -0.05) is 0 Å². The molecule has 2 heterocycles. The van der Waals surface area contributed by atoms with Gasteiger partial charge in [0.1, 0.15) is 16.5 Å². The second kappa shape index (κ2) is 6.63. The van der Waals surface area contributed by atoms with Gasteiger partial charge >= 0.3 is 6.18 Å². The van der Waals surface area contributed by atoms with Crippen molar-refractivity contribution in [3.63, 3.8) is 0 Å². The number of benzene rings is 1. The highest BCUT2D eigenvalue weighted by Crippen LogP contribution is 2.33. The fraction of sp³-hybridized carbons (Fsp3) is 0.400. The molecule has 1 fully saturated rings. The Bertz CT molecular complexity index is 884. The van der Waals surface area contributed by atoms with Gasteiger partial charge in [-0.25, -0.2) is 17.8 Å². The molecule has 0 spiro atoms. The average Bonchev–Trinajstić information content (AvgIpc) is 3.08. The molecule has 0 radical (unpaired) electrons. The number of aromatic nitrogens is 2. The number of aromatic amines is 1. The molecular formula is C15H16F4N4O2S.